The number of sulfone groups is 1. The van der Waals surface area contributed by atoms with Crippen molar-refractivity contribution in [2.24, 2.45) is 11.7 Å². The smallest absolute Gasteiger partial charge is 0.192 e. The van der Waals surface area contributed by atoms with Crippen molar-refractivity contribution < 1.29 is 8.42 Å². The fraction of sp³-hybridized carbons (Fsp3) is 0.625. The first kappa shape index (κ1) is 12.2. The monoisotopic (exact) mass is 204 g/mol. The van der Waals surface area contributed by atoms with Crippen molar-refractivity contribution in [3.05, 3.63) is 11.8 Å². The van der Waals surface area contributed by atoms with Gasteiger partial charge < -0.3 is 5.73 Å². The molecule has 0 aliphatic rings. The summed E-state index contributed by atoms with van der Waals surface area (Å²) in [6.07, 6.45) is 3.04. The summed E-state index contributed by atoms with van der Waals surface area (Å²) >= 11 is 0. The Bertz CT molecular complexity index is 317. The van der Waals surface area contributed by atoms with Crippen LogP contribution < -0.4 is 5.73 Å². The molecule has 0 heterocycles. The van der Waals surface area contributed by atoms with E-state index in [2.05, 4.69) is 0 Å². The van der Waals surface area contributed by atoms with E-state index in [-0.39, 0.29) is 5.92 Å². The normalized spacial score (nSPS) is 15.5. The van der Waals surface area contributed by atoms with Gasteiger partial charge in [0, 0.05) is 12.0 Å². The molecule has 0 fully saturated rings. The Morgan fingerprint density at radius 2 is 2.08 bits per heavy atom. The lowest BCUT2D eigenvalue weighted by atomic mass is 10.1. The van der Waals surface area contributed by atoms with E-state index in [0.717, 1.165) is 12.7 Å². The molecule has 3 N–H and O–H groups in total. The van der Waals surface area contributed by atoms with Gasteiger partial charge in [-0.1, -0.05) is 13.8 Å². The van der Waals surface area contributed by atoms with Crippen molar-refractivity contribution in [2.45, 2.75) is 20.3 Å². The fourth-order valence-corrected chi connectivity index (χ4v) is 0.987. The molecule has 1 atom stereocenters. The maximum atomic E-state index is 10.9. The highest BCUT2D eigenvalue weighted by Gasteiger charge is 2.10. The molecule has 0 aliphatic carbocycles. The van der Waals surface area contributed by atoms with Gasteiger partial charge in [0.1, 0.15) is 5.04 Å². The van der Waals surface area contributed by atoms with Gasteiger partial charge in [-0.25, -0.2) is 8.42 Å². The van der Waals surface area contributed by atoms with Gasteiger partial charge in [0.15, 0.2) is 9.84 Å². The quantitative estimate of drug-likeness (QED) is 0.529. The number of rotatable bonds is 3. The third-order valence-electron chi connectivity index (χ3n) is 1.88. The summed E-state index contributed by atoms with van der Waals surface area (Å²) in [7, 11) is -3.41. The predicted molar refractivity (Wildman–Crippen MR) is 54.3 cm³/mol. The van der Waals surface area contributed by atoms with Crippen molar-refractivity contribution >= 4 is 14.9 Å². The number of allylic oxidation sites excluding steroid dienone is 1. The van der Waals surface area contributed by atoms with Gasteiger partial charge in [-0.15, -0.1) is 0 Å². The Kier molecular flexibility index (Phi) is 4.13. The standard InChI is InChI=1S/C8H16N2O2S/c1-4-6(2)7(9)5-8(10)13(3,11)12/h5-6,10H,4,9H2,1-3H3/b7-5-,10-8?. The van der Waals surface area contributed by atoms with E-state index in [1.165, 1.54) is 6.08 Å². The molecule has 0 saturated heterocycles. The molecule has 0 bridgehead atoms. The van der Waals surface area contributed by atoms with E-state index in [9.17, 15) is 8.42 Å². The van der Waals surface area contributed by atoms with Crippen LogP contribution in [0.4, 0.5) is 0 Å². The zero-order chi connectivity index (χ0) is 10.6. The van der Waals surface area contributed by atoms with Crippen LogP contribution in [0.2, 0.25) is 0 Å². The molecular weight excluding hydrogens is 188 g/mol. The minimum atomic E-state index is -3.41. The average molecular weight is 204 g/mol. The summed E-state index contributed by atoms with van der Waals surface area (Å²) in [5.41, 5.74) is 6.02. The molecule has 76 valence electrons. The Morgan fingerprint density at radius 3 is 2.38 bits per heavy atom. The second-order valence-corrected chi connectivity index (χ2v) is 5.07. The molecule has 0 aromatic carbocycles. The van der Waals surface area contributed by atoms with Gasteiger partial charge in [-0.05, 0) is 18.4 Å². The van der Waals surface area contributed by atoms with Gasteiger partial charge in [0.05, 0.1) is 0 Å². The van der Waals surface area contributed by atoms with Gasteiger partial charge in [-0.3, -0.25) is 5.41 Å². The molecule has 13 heavy (non-hydrogen) atoms. The van der Waals surface area contributed by atoms with Gasteiger partial charge >= 0.3 is 0 Å². The maximum Gasteiger partial charge on any atom is 0.192 e. The topological polar surface area (TPSA) is 84.0 Å². The van der Waals surface area contributed by atoms with E-state index in [4.69, 9.17) is 11.1 Å². The molecule has 0 rings (SSSR count). The Morgan fingerprint density at radius 1 is 1.62 bits per heavy atom. The minimum Gasteiger partial charge on any atom is -0.402 e. The first-order chi connectivity index (χ1) is 5.79. The zero-order valence-corrected chi connectivity index (χ0v) is 8.98. The first-order valence-corrected chi connectivity index (χ1v) is 5.93. The first-order valence-electron chi connectivity index (χ1n) is 4.04. The molecule has 1 unspecified atom stereocenters. The molecular formula is C8H16N2O2S. The van der Waals surface area contributed by atoms with Crippen molar-refractivity contribution in [3.63, 3.8) is 0 Å². The second kappa shape index (κ2) is 4.41. The molecule has 0 radical (unpaired) electrons. The van der Waals surface area contributed by atoms with E-state index in [1.807, 2.05) is 13.8 Å². The summed E-state index contributed by atoms with van der Waals surface area (Å²) in [4.78, 5) is 0. The lowest BCUT2D eigenvalue weighted by Gasteiger charge is -2.08. The summed E-state index contributed by atoms with van der Waals surface area (Å²) in [5, 5.41) is 6.77. The van der Waals surface area contributed by atoms with Crippen LogP contribution >= 0.6 is 0 Å². The Hall–Kier alpha value is -0.840. The lowest BCUT2D eigenvalue weighted by molar-refractivity contribution is 0.612. The van der Waals surface area contributed by atoms with Crippen LogP contribution in [-0.4, -0.2) is 19.7 Å². The number of nitrogens with two attached hydrogens (primary N) is 1. The molecule has 0 spiro atoms. The molecule has 5 heteroatoms. The second-order valence-electron chi connectivity index (χ2n) is 3.09. The third kappa shape index (κ3) is 4.07. The molecule has 0 aliphatic heterocycles. The van der Waals surface area contributed by atoms with E-state index >= 15 is 0 Å². The van der Waals surface area contributed by atoms with E-state index in [0.29, 0.717) is 5.70 Å². The minimum absolute atomic E-state index is 0.113. The summed E-state index contributed by atoms with van der Waals surface area (Å²) in [6.45, 7) is 3.84. The number of hydrogen-bond donors (Lipinski definition) is 2. The predicted octanol–water partition coefficient (Wildman–Crippen LogP) is 0.897. The van der Waals surface area contributed by atoms with Crippen LogP contribution in [-0.2, 0) is 9.84 Å². The van der Waals surface area contributed by atoms with Crippen molar-refractivity contribution in [1.29, 1.82) is 5.41 Å². The van der Waals surface area contributed by atoms with Crippen LogP contribution in [0.1, 0.15) is 20.3 Å². The highest BCUT2D eigenvalue weighted by Crippen LogP contribution is 2.09. The largest absolute Gasteiger partial charge is 0.402 e. The maximum absolute atomic E-state index is 10.9. The van der Waals surface area contributed by atoms with Crippen LogP contribution in [0.25, 0.3) is 0 Å². The molecule has 4 nitrogen and oxygen atoms in total. The Labute approximate surface area is 79.3 Å². The highest BCUT2D eigenvalue weighted by molar-refractivity contribution is 8.06. The van der Waals surface area contributed by atoms with Crippen LogP contribution in [0.3, 0.4) is 0 Å². The SMILES string of the molecule is CCC(C)/C(N)=C/C(=N)S(C)(=O)=O. The summed E-state index contributed by atoms with van der Waals surface area (Å²) in [6, 6.07) is 0. The summed E-state index contributed by atoms with van der Waals surface area (Å²) in [5.74, 6) is 0.113. The van der Waals surface area contributed by atoms with Gasteiger partial charge in [-0.2, -0.15) is 0 Å². The van der Waals surface area contributed by atoms with Crippen molar-refractivity contribution in [3.8, 4) is 0 Å². The highest BCUT2D eigenvalue weighted by atomic mass is 32.2. The molecule has 0 aromatic rings. The number of nitrogens with one attached hydrogen (secondary N) is 1. The van der Waals surface area contributed by atoms with E-state index in [1.54, 1.807) is 0 Å². The Balaban J connectivity index is 4.69. The average Bonchev–Trinajstić information content (AvgIpc) is 2.01. The van der Waals surface area contributed by atoms with E-state index < -0.39 is 14.9 Å². The van der Waals surface area contributed by atoms with Gasteiger partial charge in [0.2, 0.25) is 0 Å². The fourth-order valence-electron chi connectivity index (χ4n) is 0.636. The molecule has 0 amide bonds. The third-order valence-corrected chi connectivity index (χ3v) is 2.80. The number of hydrogen-bond acceptors (Lipinski definition) is 4. The zero-order valence-electron chi connectivity index (χ0n) is 8.16. The van der Waals surface area contributed by atoms with Gasteiger partial charge in [0.25, 0.3) is 0 Å². The summed E-state index contributed by atoms with van der Waals surface area (Å²) < 4.78 is 21.7. The van der Waals surface area contributed by atoms with Crippen molar-refractivity contribution in [2.75, 3.05) is 6.26 Å². The van der Waals surface area contributed by atoms with Crippen LogP contribution in [0.15, 0.2) is 11.8 Å². The lowest BCUT2D eigenvalue weighted by Crippen LogP contribution is -2.14. The molecule has 0 saturated carbocycles. The van der Waals surface area contributed by atoms with Crippen LogP contribution in [0, 0.1) is 11.3 Å². The molecule has 0 aromatic heterocycles. The van der Waals surface area contributed by atoms with Crippen molar-refractivity contribution in [1.82, 2.24) is 0 Å². The van der Waals surface area contributed by atoms with Crippen LogP contribution in [0.5, 0.6) is 0 Å².